The Balaban J connectivity index is 0.00000408. The van der Waals surface area contributed by atoms with Gasteiger partial charge in [-0.05, 0) is 36.2 Å². The van der Waals surface area contributed by atoms with E-state index >= 15 is 0 Å². The molecule has 0 bridgehead atoms. The number of nitrogens with one attached hydrogen (secondary N) is 2. The van der Waals surface area contributed by atoms with E-state index in [1.165, 1.54) is 29.2 Å². The van der Waals surface area contributed by atoms with Crippen LogP contribution >= 0.6 is 22.9 Å². The number of aliphatic hydroxyl groups is 1. The molecule has 0 aliphatic carbocycles. The first-order valence-electron chi connectivity index (χ1n) is 9.93. The minimum absolute atomic E-state index is 0. The number of benzene rings is 1. The van der Waals surface area contributed by atoms with Crippen molar-refractivity contribution >= 4 is 56.4 Å². The summed E-state index contributed by atoms with van der Waals surface area (Å²) < 4.78 is 28.6. The molecule has 3 N–H and O–H groups in total. The summed E-state index contributed by atoms with van der Waals surface area (Å²) in [4.78, 5) is 37.3. The minimum Gasteiger partial charge on any atom is -0.548 e. The first kappa shape index (κ1) is 28.3. The molecule has 1 aliphatic rings. The van der Waals surface area contributed by atoms with Crippen LogP contribution in [-0.2, 0) is 26.0 Å². The molecule has 1 saturated heterocycles. The van der Waals surface area contributed by atoms with Gasteiger partial charge in [0.15, 0.2) is 0 Å². The van der Waals surface area contributed by atoms with E-state index in [-0.39, 0.29) is 48.0 Å². The topological polar surface area (TPSA) is 156 Å². The van der Waals surface area contributed by atoms with E-state index in [1.54, 1.807) is 13.0 Å². The fourth-order valence-electron chi connectivity index (χ4n) is 3.46. The normalized spacial score (nSPS) is 16.7. The molecule has 2 heterocycles. The van der Waals surface area contributed by atoms with Crippen molar-refractivity contribution in [3.05, 3.63) is 45.1 Å². The molecule has 2 atom stereocenters. The van der Waals surface area contributed by atoms with Crippen LogP contribution in [0.4, 0.5) is 5.69 Å². The maximum absolute atomic E-state index is 13.1. The van der Waals surface area contributed by atoms with E-state index in [0.717, 1.165) is 11.3 Å². The number of amides is 2. The van der Waals surface area contributed by atoms with Crippen LogP contribution < -0.4 is 38.9 Å². The van der Waals surface area contributed by atoms with E-state index in [9.17, 15) is 33.0 Å². The zero-order chi connectivity index (χ0) is 24.3. The Morgan fingerprint density at radius 3 is 2.56 bits per heavy atom. The van der Waals surface area contributed by atoms with Gasteiger partial charge in [0.05, 0.1) is 26.1 Å². The summed E-state index contributed by atoms with van der Waals surface area (Å²) in [7, 11) is -4.38. The van der Waals surface area contributed by atoms with Crippen molar-refractivity contribution in [2.45, 2.75) is 36.8 Å². The Morgan fingerprint density at radius 1 is 1.32 bits per heavy atom. The van der Waals surface area contributed by atoms with Crippen molar-refractivity contribution in [1.29, 1.82) is 0 Å². The van der Waals surface area contributed by atoms with E-state index in [0.29, 0.717) is 15.6 Å². The molecule has 178 valence electrons. The van der Waals surface area contributed by atoms with Crippen molar-refractivity contribution in [3.63, 3.8) is 0 Å². The molecule has 10 nitrogen and oxygen atoms in total. The Bertz CT molecular complexity index is 1190. The number of sulfonamides is 1. The Labute approximate surface area is 217 Å². The number of hydrogen-bond donors (Lipinski definition) is 3. The molecule has 0 unspecified atom stereocenters. The van der Waals surface area contributed by atoms with Gasteiger partial charge in [-0.15, -0.1) is 11.3 Å². The summed E-state index contributed by atoms with van der Waals surface area (Å²) in [5.41, 5.74) is 0.622. The summed E-state index contributed by atoms with van der Waals surface area (Å²) in [6, 6.07) is 5.49. The summed E-state index contributed by atoms with van der Waals surface area (Å²) in [5, 5.41) is 23.7. The van der Waals surface area contributed by atoms with Gasteiger partial charge in [-0.25, -0.2) is 13.1 Å². The summed E-state index contributed by atoms with van der Waals surface area (Å²) in [6.07, 6.45) is -0.713. The fraction of sp³-hybridized carbons (Fsp3) is 0.350. The van der Waals surface area contributed by atoms with E-state index in [1.807, 2.05) is 0 Å². The summed E-state index contributed by atoms with van der Waals surface area (Å²) in [5.74, 6) is -2.87. The molecular formula is C20H21ClLiN3O7S2. The number of thiophene rings is 1. The third-order valence-electron chi connectivity index (χ3n) is 5.07. The average molecular weight is 522 g/mol. The van der Waals surface area contributed by atoms with Crippen LogP contribution in [0.25, 0.3) is 0 Å². The van der Waals surface area contributed by atoms with E-state index < -0.39 is 46.5 Å². The maximum atomic E-state index is 13.1. The first-order chi connectivity index (χ1) is 15.5. The molecule has 1 aliphatic heterocycles. The molecule has 1 fully saturated rings. The molecule has 1 aromatic carbocycles. The van der Waals surface area contributed by atoms with Crippen LogP contribution in [0, 0.1) is 0 Å². The van der Waals surface area contributed by atoms with Crippen LogP contribution in [0.15, 0.2) is 35.2 Å². The largest absolute Gasteiger partial charge is 1.00 e. The number of carboxylic acids is 1. The number of nitrogens with zero attached hydrogens (tertiary/aromatic N) is 1. The third kappa shape index (κ3) is 6.20. The fourth-order valence-corrected chi connectivity index (χ4v) is 5.93. The monoisotopic (exact) mass is 521 g/mol. The predicted octanol–water partition coefficient (Wildman–Crippen LogP) is -3.11. The molecule has 2 aromatic rings. The van der Waals surface area contributed by atoms with Gasteiger partial charge >= 0.3 is 18.9 Å². The number of carbonyl (C=O) groups excluding carboxylic acids is 3. The van der Waals surface area contributed by atoms with Crippen LogP contribution in [0.2, 0.25) is 4.34 Å². The number of aliphatic carboxylic acids is 1. The van der Waals surface area contributed by atoms with Crippen molar-refractivity contribution in [2.24, 2.45) is 0 Å². The zero-order valence-electron chi connectivity index (χ0n) is 18.4. The number of carbonyl (C=O) groups is 3. The molecule has 0 spiro atoms. The number of hydrogen-bond acceptors (Lipinski definition) is 8. The van der Waals surface area contributed by atoms with Crippen molar-refractivity contribution in [3.8, 4) is 0 Å². The van der Waals surface area contributed by atoms with Gasteiger partial charge in [0.25, 0.3) is 11.8 Å². The van der Waals surface area contributed by atoms with Gasteiger partial charge in [0.2, 0.25) is 10.0 Å². The van der Waals surface area contributed by atoms with Crippen molar-refractivity contribution < 1.29 is 51.9 Å². The third-order valence-corrected chi connectivity index (χ3v) is 7.85. The zero-order valence-corrected chi connectivity index (χ0v) is 20.8. The Morgan fingerprint density at radius 2 is 2.03 bits per heavy atom. The average Bonchev–Trinajstić information content (AvgIpc) is 3.35. The van der Waals surface area contributed by atoms with Crippen molar-refractivity contribution in [1.82, 2.24) is 10.0 Å². The second-order valence-corrected chi connectivity index (χ2v) is 10.6. The molecule has 2 amide bonds. The van der Waals surface area contributed by atoms with E-state index in [2.05, 4.69) is 10.0 Å². The maximum Gasteiger partial charge on any atom is 1.00 e. The van der Waals surface area contributed by atoms with Gasteiger partial charge in [-0.2, -0.15) is 0 Å². The summed E-state index contributed by atoms with van der Waals surface area (Å²) >= 11 is 6.77. The van der Waals surface area contributed by atoms with E-state index in [4.69, 9.17) is 11.6 Å². The quantitative estimate of drug-likeness (QED) is 0.295. The number of carboxylic acid groups (broad SMARTS) is 1. The smallest absolute Gasteiger partial charge is 0.548 e. The minimum atomic E-state index is -4.38. The second kappa shape index (κ2) is 11.7. The van der Waals surface area contributed by atoms with Gasteiger partial charge in [-0.3, -0.25) is 9.59 Å². The SMILES string of the molecule is CCc1c(N2CC[C@H](O)C2=O)cccc1S(=O)(=O)N[C@@H](CNC(=O)c1ccc(Cl)s1)C(=O)[O-].[Li+]. The van der Waals surface area contributed by atoms with Crippen LogP contribution in [0.5, 0.6) is 0 Å². The molecule has 1 aromatic heterocycles. The summed E-state index contributed by atoms with van der Waals surface area (Å²) in [6.45, 7) is 1.36. The second-order valence-electron chi connectivity index (χ2n) is 7.21. The molecular weight excluding hydrogens is 501 g/mol. The Hall–Kier alpha value is -1.91. The molecule has 0 saturated carbocycles. The van der Waals surface area contributed by atoms with Gasteiger partial charge in [-0.1, -0.05) is 24.6 Å². The van der Waals surface area contributed by atoms with Crippen molar-refractivity contribution in [2.75, 3.05) is 18.0 Å². The molecule has 0 radical (unpaired) electrons. The number of aliphatic hydroxyl groups excluding tert-OH is 1. The van der Waals surface area contributed by atoms with Gasteiger partial charge in [0.1, 0.15) is 6.10 Å². The number of anilines is 1. The van der Waals surface area contributed by atoms with Gasteiger partial charge in [0, 0.05) is 25.2 Å². The van der Waals surface area contributed by atoms with Crippen LogP contribution in [-0.4, -0.2) is 56.5 Å². The van der Waals surface area contributed by atoms with Crippen LogP contribution in [0.3, 0.4) is 0 Å². The Kier molecular flexibility index (Phi) is 9.73. The predicted molar refractivity (Wildman–Crippen MR) is 120 cm³/mol. The van der Waals surface area contributed by atoms with Gasteiger partial charge < -0.3 is 25.2 Å². The molecule has 14 heteroatoms. The number of halogens is 1. The molecule has 3 rings (SSSR count). The molecule has 34 heavy (non-hydrogen) atoms. The number of rotatable bonds is 9. The first-order valence-corrected chi connectivity index (χ1v) is 12.6. The van der Waals surface area contributed by atoms with Crippen LogP contribution in [0.1, 0.15) is 28.6 Å². The standard InChI is InChI=1S/C20H22ClN3O7S2.Li/c1-2-11-13(24-9-8-14(25)19(24)27)4-3-5-16(11)33(30,31)23-12(20(28)29)10-22-18(26)15-6-7-17(21)32-15;/h3-7,12,14,23,25H,2,8-10H2,1H3,(H,22,26)(H,28,29);/q;+1/p-1/t12-,14-;/m0./s1.